The van der Waals surface area contributed by atoms with Crippen molar-refractivity contribution < 1.29 is 19.8 Å². The predicted molar refractivity (Wildman–Crippen MR) is 36.0 cm³/mol. The average molecular weight is 199 g/mol. The third kappa shape index (κ3) is 219. The Kier molecular flexibility index (Phi) is 56.4. The smallest absolute Gasteiger partial charge is 0.870 e. The van der Waals surface area contributed by atoms with Crippen molar-refractivity contribution in [3.8, 4) is 0 Å². The molecule has 0 aromatic carbocycles. The van der Waals surface area contributed by atoms with E-state index < -0.39 is 8.25 Å². The van der Waals surface area contributed by atoms with Crippen LogP contribution in [-0.4, -0.2) is 49.0 Å². The molecule has 1 N–H and O–H groups in total. The molecule has 4 nitrogen and oxygen atoms in total. The van der Waals surface area contributed by atoms with E-state index in [0.717, 1.165) is 5.75 Å². The fourth-order valence-corrected chi connectivity index (χ4v) is 0. The van der Waals surface area contributed by atoms with Gasteiger partial charge in [0.15, 0.2) is 0 Å². The first-order chi connectivity index (χ1) is 3.15. The van der Waals surface area contributed by atoms with Gasteiger partial charge in [-0.25, -0.2) is 0 Å². The molecule has 0 aliphatic carbocycles. The monoisotopic (exact) mass is 199 g/mol. The zero-order valence-electron chi connectivity index (χ0n) is 5.03. The Morgan fingerprint density at radius 1 is 1.56 bits per heavy atom. The molecule has 7 heteroatoms. The Balaban J connectivity index is -0.0000000233. The Hall–Kier alpha value is 1.59. The van der Waals surface area contributed by atoms with Crippen LogP contribution < -0.4 is 9.79 Å². The summed E-state index contributed by atoms with van der Waals surface area (Å²) < 4.78 is 8.48. The molecule has 0 saturated carbocycles. The summed E-state index contributed by atoms with van der Waals surface area (Å²) >= 11 is 3.18. The van der Waals surface area contributed by atoms with Gasteiger partial charge in [0.1, 0.15) is 5.75 Å². The first kappa shape index (κ1) is 22.4. The van der Waals surface area contributed by atoms with Crippen molar-refractivity contribution in [3.05, 3.63) is 0 Å². The van der Waals surface area contributed by atoms with E-state index >= 15 is 0 Å². The van der Waals surface area contributed by atoms with Crippen molar-refractivity contribution in [1.29, 1.82) is 0 Å². The molecule has 0 aromatic rings. The maximum absolute atomic E-state index is 8.48. The molecule has 0 amide bonds. The molecule has 0 aromatic heterocycles. The summed E-state index contributed by atoms with van der Waals surface area (Å²) in [6.45, 7) is 2.04. The summed E-state index contributed by atoms with van der Waals surface area (Å²) in [7, 11) is -3.37. The van der Waals surface area contributed by atoms with E-state index in [2.05, 4.69) is 12.6 Å². The minimum atomic E-state index is -3.37. The molecule has 0 bridgehead atoms. The van der Waals surface area contributed by atoms with E-state index in [-0.39, 0.29) is 43.2 Å². The second-order valence-corrected chi connectivity index (χ2v) is 1.73. The molecule has 9 heavy (non-hydrogen) atoms. The van der Waals surface area contributed by atoms with Crippen molar-refractivity contribution in [2.45, 2.75) is 6.92 Å². The van der Waals surface area contributed by atoms with Gasteiger partial charge in [-0.15, -0.1) is 0 Å². The summed E-state index contributed by atoms with van der Waals surface area (Å²) in [5.41, 5.74) is 0. The van der Waals surface area contributed by atoms with Gasteiger partial charge in [0.25, 0.3) is 8.25 Å². The summed E-state index contributed by atoms with van der Waals surface area (Å²) in [5.74, 6) is 1.06. The van der Waals surface area contributed by atoms with Gasteiger partial charge >= 0.3 is 37.7 Å². The molecule has 0 rings (SSSR count). The zero-order valence-corrected chi connectivity index (χ0v) is 9.14. The van der Waals surface area contributed by atoms with Gasteiger partial charge in [0.2, 0.25) is 0 Å². The van der Waals surface area contributed by atoms with Crippen LogP contribution in [0, 0.1) is 0 Å². The topological polar surface area (TPSA) is 93.2 Å². The molecular weight excluding hydrogens is 191 g/mol. The molecule has 0 aliphatic rings. The standard InChI is InChI=1S/C2H6S.Ca.HO3P.H2O/c1-2-3;;1-4(2)3;/h3H,2H2,1H3;;(H,1,2,3);1H2/q;+2;;/p-1. The third-order valence-corrected chi connectivity index (χ3v) is 0. The maximum atomic E-state index is 8.48. The molecule has 0 radical (unpaired) electrons. The Bertz CT molecular complexity index is 49.8. The Labute approximate surface area is 90.3 Å². The zero-order chi connectivity index (χ0) is 6.28. The SMILES string of the molecule is CC[SH2+].O=[P+]([O-])[O-].[Ca+2].[OH-]. The van der Waals surface area contributed by atoms with E-state index in [4.69, 9.17) is 14.4 Å². The first-order valence-corrected chi connectivity index (χ1v) is 3.41. The normalized spacial score (nSPS) is 4.89. The Morgan fingerprint density at radius 3 is 1.56 bits per heavy atom. The van der Waals surface area contributed by atoms with Crippen LogP contribution in [0.5, 0.6) is 0 Å². The van der Waals surface area contributed by atoms with Crippen LogP contribution in [-0.2, 0) is 17.2 Å². The van der Waals surface area contributed by atoms with Crippen LogP contribution in [0.15, 0.2) is 0 Å². The molecule has 0 aliphatic heterocycles. The van der Waals surface area contributed by atoms with Crippen molar-refractivity contribution in [3.63, 3.8) is 0 Å². The molecule has 0 saturated heterocycles. The first-order valence-electron chi connectivity index (χ1n) is 1.61. The van der Waals surface area contributed by atoms with Crippen LogP contribution in [0.3, 0.4) is 0 Å². The van der Waals surface area contributed by atoms with Gasteiger partial charge in [-0.05, 0) is 19.6 Å². The van der Waals surface area contributed by atoms with E-state index in [9.17, 15) is 0 Å². The maximum Gasteiger partial charge on any atom is 2.00 e. The average Bonchev–Trinajstić information content (AvgIpc) is 1.33. The van der Waals surface area contributed by atoms with Crippen molar-refractivity contribution in [2.75, 3.05) is 5.75 Å². The molecule has 0 unspecified atom stereocenters. The summed E-state index contributed by atoms with van der Waals surface area (Å²) in [4.78, 5) is 17.0. The second kappa shape index (κ2) is 22.6. The largest absolute Gasteiger partial charge is 2.00 e. The summed E-state index contributed by atoms with van der Waals surface area (Å²) in [6, 6.07) is 0. The van der Waals surface area contributed by atoms with Gasteiger partial charge in [-0.2, -0.15) is 0 Å². The van der Waals surface area contributed by atoms with Crippen LogP contribution in [0.2, 0.25) is 0 Å². The van der Waals surface area contributed by atoms with Gasteiger partial charge in [0.05, 0.1) is 0 Å². The van der Waals surface area contributed by atoms with Crippen LogP contribution in [0.1, 0.15) is 6.92 Å². The van der Waals surface area contributed by atoms with Gasteiger partial charge < -0.3 is 15.3 Å². The fourth-order valence-electron chi connectivity index (χ4n) is 0. The Morgan fingerprint density at radius 2 is 1.56 bits per heavy atom. The second-order valence-electron chi connectivity index (χ2n) is 0.577. The van der Waals surface area contributed by atoms with E-state index in [1.807, 2.05) is 6.92 Å². The molecule has 0 heterocycles. The van der Waals surface area contributed by atoms with Gasteiger partial charge in [-0.3, -0.25) is 0 Å². The minimum Gasteiger partial charge on any atom is -0.870 e. The summed E-state index contributed by atoms with van der Waals surface area (Å²) in [5, 5.41) is 0. The minimum absolute atomic E-state index is 0. The summed E-state index contributed by atoms with van der Waals surface area (Å²) in [6.07, 6.45) is 0. The van der Waals surface area contributed by atoms with Crippen LogP contribution in [0.25, 0.3) is 0 Å². The van der Waals surface area contributed by atoms with E-state index in [0.29, 0.717) is 0 Å². The van der Waals surface area contributed by atoms with Gasteiger partial charge in [0, 0.05) is 0 Å². The quantitative estimate of drug-likeness (QED) is 0.252. The van der Waals surface area contributed by atoms with Crippen LogP contribution >= 0.6 is 8.25 Å². The van der Waals surface area contributed by atoms with Crippen LogP contribution in [0.4, 0.5) is 0 Å². The number of hydrogen-bond acceptors (Lipinski definition) is 4. The molecular formula is C2H8CaO4PS+. The van der Waals surface area contributed by atoms with Gasteiger partial charge in [-0.1, -0.05) is 4.57 Å². The fraction of sp³-hybridized carbons (Fsp3) is 1.00. The molecule has 0 fully saturated rings. The molecule has 52 valence electrons. The van der Waals surface area contributed by atoms with Crippen molar-refractivity contribution in [2.24, 2.45) is 0 Å². The van der Waals surface area contributed by atoms with E-state index in [1.165, 1.54) is 0 Å². The molecule has 0 atom stereocenters. The van der Waals surface area contributed by atoms with Crippen molar-refractivity contribution >= 4 is 58.6 Å². The number of hydrogen-bond donors (Lipinski definition) is 0. The third-order valence-electron chi connectivity index (χ3n) is 0. The number of rotatable bonds is 0. The predicted octanol–water partition coefficient (Wildman–Crippen LogP) is -2.18. The van der Waals surface area contributed by atoms with E-state index in [1.54, 1.807) is 0 Å². The van der Waals surface area contributed by atoms with Crippen molar-refractivity contribution in [1.82, 2.24) is 0 Å². The molecule has 0 spiro atoms.